The molecule has 9 heteroatoms. The smallest absolute Gasteiger partial charge is 0.271 e. The van der Waals surface area contributed by atoms with E-state index < -0.39 is 4.92 Å². The van der Waals surface area contributed by atoms with Crippen LogP contribution in [0, 0.1) is 10.1 Å². The Balaban J connectivity index is 1.56. The molecular weight excluding hydrogens is 382 g/mol. The molecule has 6 nitrogen and oxygen atoms in total. The lowest BCUT2D eigenvalue weighted by molar-refractivity contribution is -0.384. The summed E-state index contributed by atoms with van der Waals surface area (Å²) in [6.45, 7) is 0. The van der Waals surface area contributed by atoms with Crippen molar-refractivity contribution in [2.24, 2.45) is 0 Å². The van der Waals surface area contributed by atoms with Crippen LogP contribution >= 0.6 is 34.7 Å². The molecule has 0 unspecified atom stereocenters. The largest absolute Gasteiger partial charge is 0.302 e. The van der Waals surface area contributed by atoms with Gasteiger partial charge in [0.2, 0.25) is 5.91 Å². The lowest BCUT2D eigenvalue weighted by Gasteiger charge is -2.02. The Morgan fingerprint density at radius 2 is 2.04 bits per heavy atom. The van der Waals surface area contributed by atoms with Crippen LogP contribution in [0.1, 0.15) is 6.42 Å². The van der Waals surface area contributed by atoms with Gasteiger partial charge in [-0.05, 0) is 30.3 Å². The quantitative estimate of drug-likeness (QED) is 0.362. The first kappa shape index (κ1) is 17.7. The van der Waals surface area contributed by atoms with Crippen LogP contribution in [0.5, 0.6) is 0 Å². The molecule has 0 bridgehead atoms. The SMILES string of the molecule is O=C(CCSc1ccc(Cl)cc1)Nc1nc2cc([N+](=O)[O-])ccc2s1. The number of nitro benzene ring substituents is 1. The highest BCUT2D eigenvalue weighted by molar-refractivity contribution is 7.99. The second-order valence-corrected chi connectivity index (χ2v) is 7.66. The number of nitrogens with one attached hydrogen (secondary N) is 1. The van der Waals surface area contributed by atoms with Gasteiger partial charge in [-0.3, -0.25) is 14.9 Å². The number of hydrogen-bond acceptors (Lipinski definition) is 6. The van der Waals surface area contributed by atoms with Gasteiger partial charge in [-0.15, -0.1) is 11.8 Å². The Hall–Kier alpha value is -2.16. The van der Waals surface area contributed by atoms with Gasteiger partial charge in [0.1, 0.15) is 0 Å². The van der Waals surface area contributed by atoms with Crippen LogP contribution in [0.25, 0.3) is 10.2 Å². The summed E-state index contributed by atoms with van der Waals surface area (Å²) < 4.78 is 0.788. The molecule has 1 heterocycles. The Morgan fingerprint density at radius 3 is 2.76 bits per heavy atom. The minimum Gasteiger partial charge on any atom is -0.302 e. The van der Waals surface area contributed by atoms with Crippen molar-refractivity contribution < 1.29 is 9.72 Å². The van der Waals surface area contributed by atoms with Crippen molar-refractivity contribution in [3.05, 3.63) is 57.6 Å². The first-order chi connectivity index (χ1) is 12.0. The van der Waals surface area contributed by atoms with Crippen LogP contribution in [0.3, 0.4) is 0 Å². The predicted octanol–water partition coefficient (Wildman–Crippen LogP) is 4.98. The summed E-state index contributed by atoms with van der Waals surface area (Å²) in [6.07, 6.45) is 0.337. The highest BCUT2D eigenvalue weighted by atomic mass is 35.5. The van der Waals surface area contributed by atoms with Crippen LogP contribution in [0.2, 0.25) is 5.02 Å². The summed E-state index contributed by atoms with van der Waals surface area (Å²) in [4.78, 5) is 27.6. The van der Waals surface area contributed by atoms with Gasteiger partial charge in [-0.25, -0.2) is 4.98 Å². The Bertz CT molecular complexity index is 928. The number of hydrogen-bond donors (Lipinski definition) is 1. The van der Waals surface area contributed by atoms with Crippen LogP contribution in [0.15, 0.2) is 47.4 Å². The van der Waals surface area contributed by atoms with Gasteiger partial charge in [-0.2, -0.15) is 0 Å². The Kier molecular flexibility index (Phi) is 5.52. The summed E-state index contributed by atoms with van der Waals surface area (Å²) in [5, 5.41) is 14.6. The maximum atomic E-state index is 12.0. The molecule has 0 aliphatic rings. The maximum Gasteiger partial charge on any atom is 0.271 e. The highest BCUT2D eigenvalue weighted by Crippen LogP contribution is 2.29. The molecule has 0 saturated heterocycles. The summed E-state index contributed by atoms with van der Waals surface area (Å²) in [7, 11) is 0. The zero-order chi connectivity index (χ0) is 17.8. The molecule has 0 saturated carbocycles. The van der Waals surface area contributed by atoms with Gasteiger partial charge in [0.05, 0.1) is 15.1 Å². The van der Waals surface area contributed by atoms with Crippen molar-refractivity contribution in [2.45, 2.75) is 11.3 Å². The molecule has 0 radical (unpaired) electrons. The second-order valence-electron chi connectivity index (χ2n) is 5.03. The molecule has 0 aliphatic heterocycles. The van der Waals surface area contributed by atoms with Crippen molar-refractivity contribution in [1.82, 2.24) is 4.98 Å². The van der Waals surface area contributed by atoms with Crippen LogP contribution in [0.4, 0.5) is 10.8 Å². The van der Waals surface area contributed by atoms with Gasteiger partial charge in [0.15, 0.2) is 5.13 Å². The number of aromatic nitrogens is 1. The fourth-order valence-electron chi connectivity index (χ4n) is 2.06. The van der Waals surface area contributed by atoms with E-state index in [0.717, 1.165) is 9.60 Å². The average molecular weight is 394 g/mol. The van der Waals surface area contributed by atoms with Crippen molar-refractivity contribution in [1.29, 1.82) is 0 Å². The van der Waals surface area contributed by atoms with E-state index in [4.69, 9.17) is 11.6 Å². The minimum absolute atomic E-state index is 0.0185. The fraction of sp³-hybridized carbons (Fsp3) is 0.125. The van der Waals surface area contributed by atoms with E-state index in [1.54, 1.807) is 17.8 Å². The lowest BCUT2D eigenvalue weighted by atomic mass is 10.3. The van der Waals surface area contributed by atoms with Gasteiger partial charge in [0, 0.05) is 34.2 Å². The third kappa shape index (κ3) is 4.68. The van der Waals surface area contributed by atoms with Crippen molar-refractivity contribution >= 4 is 61.6 Å². The van der Waals surface area contributed by atoms with Gasteiger partial charge in [-0.1, -0.05) is 22.9 Å². The number of thioether (sulfide) groups is 1. The second kappa shape index (κ2) is 7.81. The van der Waals surface area contributed by atoms with E-state index in [0.29, 0.717) is 27.8 Å². The first-order valence-corrected chi connectivity index (χ1v) is 9.42. The summed E-state index contributed by atoms with van der Waals surface area (Å²) in [5.74, 6) is 0.485. The molecule has 1 aromatic heterocycles. The topological polar surface area (TPSA) is 85.1 Å². The lowest BCUT2D eigenvalue weighted by Crippen LogP contribution is -2.11. The number of non-ortho nitro benzene ring substituents is 1. The van der Waals surface area contributed by atoms with E-state index in [1.807, 2.05) is 24.3 Å². The molecule has 1 N–H and O–H groups in total. The zero-order valence-corrected chi connectivity index (χ0v) is 15.2. The fourth-order valence-corrected chi connectivity index (χ4v) is 3.90. The van der Waals surface area contributed by atoms with E-state index in [-0.39, 0.29) is 11.6 Å². The van der Waals surface area contributed by atoms with Crippen molar-refractivity contribution in [3.8, 4) is 0 Å². The number of nitro groups is 1. The molecule has 0 aliphatic carbocycles. The Labute approximate surface area is 156 Å². The van der Waals surface area contributed by atoms with Crippen LogP contribution in [-0.2, 0) is 4.79 Å². The molecule has 1 amide bonds. The minimum atomic E-state index is -0.467. The van der Waals surface area contributed by atoms with Gasteiger partial charge >= 0.3 is 0 Å². The van der Waals surface area contributed by atoms with Crippen LogP contribution < -0.4 is 5.32 Å². The molecule has 0 spiro atoms. The predicted molar refractivity (Wildman–Crippen MR) is 102 cm³/mol. The van der Waals surface area contributed by atoms with Crippen molar-refractivity contribution in [3.63, 3.8) is 0 Å². The average Bonchev–Trinajstić information content (AvgIpc) is 2.97. The number of amides is 1. The number of thiazole rings is 1. The van der Waals surface area contributed by atoms with Gasteiger partial charge in [0.25, 0.3) is 5.69 Å². The van der Waals surface area contributed by atoms with Crippen molar-refractivity contribution in [2.75, 3.05) is 11.1 Å². The first-order valence-electron chi connectivity index (χ1n) is 7.24. The highest BCUT2D eigenvalue weighted by Gasteiger charge is 2.12. The molecule has 3 aromatic rings. The van der Waals surface area contributed by atoms with E-state index in [1.165, 1.54) is 23.5 Å². The summed E-state index contributed by atoms with van der Waals surface area (Å²) in [5.41, 5.74) is 0.486. The monoisotopic (exact) mass is 393 g/mol. The number of anilines is 1. The third-order valence-electron chi connectivity index (χ3n) is 3.24. The molecule has 0 fully saturated rings. The standard InChI is InChI=1S/C16H12ClN3O3S2/c17-10-1-4-12(5-2-10)24-8-7-15(21)19-16-18-13-9-11(20(22)23)3-6-14(13)25-16/h1-6,9H,7-8H2,(H,18,19,21). The van der Waals surface area contributed by atoms with E-state index in [9.17, 15) is 14.9 Å². The number of nitrogens with zero attached hydrogens (tertiary/aromatic N) is 2. The van der Waals surface area contributed by atoms with E-state index >= 15 is 0 Å². The summed E-state index contributed by atoms with van der Waals surface area (Å²) >= 11 is 8.69. The number of carbonyl (C=O) groups excluding carboxylic acids is 1. The number of fused-ring (bicyclic) bond motifs is 1. The third-order valence-corrected chi connectivity index (χ3v) is 5.46. The number of rotatable bonds is 6. The Morgan fingerprint density at radius 1 is 1.28 bits per heavy atom. The molecule has 25 heavy (non-hydrogen) atoms. The number of carbonyl (C=O) groups is 1. The maximum absolute atomic E-state index is 12.0. The number of halogens is 1. The molecule has 0 atom stereocenters. The number of benzene rings is 2. The molecule has 128 valence electrons. The van der Waals surface area contributed by atoms with Gasteiger partial charge < -0.3 is 5.32 Å². The molecular formula is C16H12ClN3O3S2. The van der Waals surface area contributed by atoms with Crippen LogP contribution in [-0.4, -0.2) is 21.6 Å². The summed E-state index contributed by atoms with van der Waals surface area (Å²) in [6, 6.07) is 11.9. The molecule has 3 rings (SSSR count). The van der Waals surface area contributed by atoms with E-state index in [2.05, 4.69) is 10.3 Å². The zero-order valence-electron chi connectivity index (χ0n) is 12.8. The molecule has 2 aromatic carbocycles. The normalized spacial score (nSPS) is 10.8.